The maximum Gasteiger partial charge on any atom is 0.0669 e. The first kappa shape index (κ1) is 14.2. The fraction of sp³-hybridized carbons (Fsp3) is 0.769. The smallest absolute Gasteiger partial charge is 0.0669 e. The molecule has 0 aliphatic rings. The average molecular weight is 211 g/mol. The molecule has 0 aliphatic heterocycles. The second kappa shape index (κ2) is 8.51. The molecule has 1 atom stereocenters. The zero-order valence-corrected chi connectivity index (χ0v) is 10.1. The number of unbranched alkanes of at least 4 members (excludes halogenated alkanes) is 2. The van der Waals surface area contributed by atoms with Gasteiger partial charge in [-0.25, -0.2) is 0 Å². The number of carboxylic acids is 1. The Hall–Kier alpha value is -0.790. The highest BCUT2D eigenvalue weighted by molar-refractivity contribution is 5.83. The molecule has 0 bridgehead atoms. The Morgan fingerprint density at radius 1 is 1.20 bits per heavy atom. The van der Waals surface area contributed by atoms with Gasteiger partial charge < -0.3 is 9.90 Å². The van der Waals surface area contributed by atoms with Gasteiger partial charge in [0.05, 0.1) is 5.97 Å². The molecule has 0 fully saturated rings. The van der Waals surface area contributed by atoms with Crippen LogP contribution in [0.15, 0.2) is 12.2 Å². The second-order valence-corrected chi connectivity index (χ2v) is 4.25. The zero-order valence-electron chi connectivity index (χ0n) is 10.1. The van der Waals surface area contributed by atoms with Crippen LogP contribution in [0.1, 0.15) is 58.8 Å². The maximum atomic E-state index is 10.6. The quantitative estimate of drug-likeness (QED) is 0.434. The van der Waals surface area contributed by atoms with Crippen LogP contribution in [0.25, 0.3) is 0 Å². The molecule has 0 rings (SSSR count). The molecule has 0 aromatic carbocycles. The first-order chi connectivity index (χ1) is 7.11. The van der Waals surface area contributed by atoms with Crippen LogP contribution in [0, 0.1) is 5.92 Å². The van der Waals surface area contributed by atoms with E-state index in [2.05, 4.69) is 20.4 Å². The van der Waals surface area contributed by atoms with Crippen LogP contribution in [-0.2, 0) is 4.79 Å². The van der Waals surface area contributed by atoms with Crippen molar-refractivity contribution in [1.29, 1.82) is 0 Å². The minimum Gasteiger partial charge on any atom is -0.545 e. The van der Waals surface area contributed by atoms with Crippen molar-refractivity contribution in [3.63, 3.8) is 0 Å². The summed E-state index contributed by atoms with van der Waals surface area (Å²) in [6.45, 7) is 7.85. The predicted octanol–water partition coefficient (Wildman–Crippen LogP) is 2.68. The maximum absolute atomic E-state index is 10.6. The average Bonchev–Trinajstić information content (AvgIpc) is 2.18. The summed E-state index contributed by atoms with van der Waals surface area (Å²) in [7, 11) is 0. The van der Waals surface area contributed by atoms with Gasteiger partial charge in [-0.1, -0.05) is 59.0 Å². The van der Waals surface area contributed by atoms with Gasteiger partial charge in [-0.2, -0.15) is 0 Å². The molecule has 0 spiro atoms. The lowest BCUT2D eigenvalue weighted by Gasteiger charge is -2.17. The number of aliphatic carboxylic acids is 1. The van der Waals surface area contributed by atoms with Gasteiger partial charge in [-0.05, 0) is 17.9 Å². The standard InChI is InChI=1S/C13H24O2/c1-4-6-7-9-12(8-5-2)10-11(3)13(14)15/h12H,3-10H2,1-2H3,(H,14,15)/p-1. The lowest BCUT2D eigenvalue weighted by Crippen LogP contribution is -2.25. The summed E-state index contributed by atoms with van der Waals surface area (Å²) >= 11 is 0. The van der Waals surface area contributed by atoms with Crippen molar-refractivity contribution in [3.05, 3.63) is 12.2 Å². The van der Waals surface area contributed by atoms with Crippen LogP contribution >= 0.6 is 0 Å². The van der Waals surface area contributed by atoms with Gasteiger partial charge >= 0.3 is 0 Å². The summed E-state index contributed by atoms with van der Waals surface area (Å²) in [6, 6.07) is 0. The van der Waals surface area contributed by atoms with Crippen molar-refractivity contribution < 1.29 is 9.90 Å². The normalized spacial score (nSPS) is 12.4. The molecule has 0 saturated heterocycles. The van der Waals surface area contributed by atoms with E-state index in [0.717, 1.165) is 19.3 Å². The van der Waals surface area contributed by atoms with Crippen LogP contribution in [0.3, 0.4) is 0 Å². The van der Waals surface area contributed by atoms with Crippen molar-refractivity contribution in [2.75, 3.05) is 0 Å². The predicted molar refractivity (Wildman–Crippen MR) is 61.3 cm³/mol. The Morgan fingerprint density at radius 2 is 1.87 bits per heavy atom. The molecule has 0 aromatic rings. The molecule has 0 radical (unpaired) electrons. The van der Waals surface area contributed by atoms with E-state index in [1.165, 1.54) is 19.3 Å². The Bertz CT molecular complexity index is 197. The Morgan fingerprint density at radius 3 is 2.33 bits per heavy atom. The summed E-state index contributed by atoms with van der Waals surface area (Å²) in [5.41, 5.74) is 0.255. The van der Waals surface area contributed by atoms with Gasteiger partial charge in [0.1, 0.15) is 0 Å². The van der Waals surface area contributed by atoms with E-state index in [9.17, 15) is 9.90 Å². The monoisotopic (exact) mass is 211 g/mol. The molecular formula is C13H23O2-. The molecule has 2 nitrogen and oxygen atoms in total. The van der Waals surface area contributed by atoms with Crippen LogP contribution < -0.4 is 5.11 Å². The highest BCUT2D eigenvalue weighted by atomic mass is 16.4. The molecule has 0 aliphatic carbocycles. The summed E-state index contributed by atoms with van der Waals surface area (Å²) in [5, 5.41) is 10.6. The topological polar surface area (TPSA) is 40.1 Å². The zero-order chi connectivity index (χ0) is 11.7. The molecule has 1 unspecified atom stereocenters. The molecule has 0 N–H and O–H groups in total. The molecule has 0 aromatic heterocycles. The van der Waals surface area contributed by atoms with E-state index < -0.39 is 5.97 Å². The second-order valence-electron chi connectivity index (χ2n) is 4.25. The fourth-order valence-corrected chi connectivity index (χ4v) is 1.87. The number of carbonyl (C=O) groups is 1. The number of carbonyl (C=O) groups excluding carboxylic acids is 1. The van der Waals surface area contributed by atoms with Crippen molar-refractivity contribution >= 4 is 5.97 Å². The molecule has 88 valence electrons. The van der Waals surface area contributed by atoms with Gasteiger partial charge in [-0.3, -0.25) is 0 Å². The molecule has 2 heteroatoms. The van der Waals surface area contributed by atoms with Crippen LogP contribution in [0.4, 0.5) is 0 Å². The number of hydrogen-bond acceptors (Lipinski definition) is 2. The van der Waals surface area contributed by atoms with Gasteiger partial charge in [-0.15, -0.1) is 0 Å². The van der Waals surface area contributed by atoms with Gasteiger partial charge in [0.15, 0.2) is 0 Å². The third-order valence-corrected chi connectivity index (χ3v) is 2.74. The molecule has 0 amide bonds. The Labute approximate surface area is 93.4 Å². The van der Waals surface area contributed by atoms with E-state index >= 15 is 0 Å². The number of carboxylic acid groups (broad SMARTS) is 1. The summed E-state index contributed by atoms with van der Waals surface area (Å²) in [6.07, 6.45) is 7.56. The molecule has 0 heterocycles. The molecule has 15 heavy (non-hydrogen) atoms. The largest absolute Gasteiger partial charge is 0.545 e. The van der Waals surface area contributed by atoms with E-state index in [-0.39, 0.29) is 5.57 Å². The highest BCUT2D eigenvalue weighted by Crippen LogP contribution is 2.22. The Kier molecular flexibility index (Phi) is 8.06. The third kappa shape index (κ3) is 7.18. The SMILES string of the molecule is C=C(CC(CCC)CCCCC)C(=O)[O-]. The molecule has 0 saturated carbocycles. The van der Waals surface area contributed by atoms with E-state index in [0.29, 0.717) is 12.3 Å². The van der Waals surface area contributed by atoms with Gasteiger partial charge in [0, 0.05) is 0 Å². The van der Waals surface area contributed by atoms with E-state index in [4.69, 9.17) is 0 Å². The van der Waals surface area contributed by atoms with Crippen molar-refractivity contribution in [2.24, 2.45) is 5.92 Å². The van der Waals surface area contributed by atoms with Crippen molar-refractivity contribution in [3.8, 4) is 0 Å². The lowest BCUT2D eigenvalue weighted by molar-refractivity contribution is -0.299. The highest BCUT2D eigenvalue weighted by Gasteiger charge is 2.09. The van der Waals surface area contributed by atoms with Crippen molar-refractivity contribution in [1.82, 2.24) is 0 Å². The van der Waals surface area contributed by atoms with Crippen LogP contribution in [-0.4, -0.2) is 5.97 Å². The van der Waals surface area contributed by atoms with Crippen LogP contribution in [0.5, 0.6) is 0 Å². The minimum absolute atomic E-state index is 0.255. The van der Waals surface area contributed by atoms with E-state index in [1.807, 2.05) is 0 Å². The third-order valence-electron chi connectivity index (χ3n) is 2.74. The summed E-state index contributed by atoms with van der Waals surface area (Å²) in [4.78, 5) is 10.6. The minimum atomic E-state index is -1.09. The number of rotatable bonds is 9. The summed E-state index contributed by atoms with van der Waals surface area (Å²) in [5.74, 6) is -0.612. The van der Waals surface area contributed by atoms with E-state index in [1.54, 1.807) is 0 Å². The fourth-order valence-electron chi connectivity index (χ4n) is 1.87. The molecular weight excluding hydrogens is 188 g/mol. The first-order valence-corrected chi connectivity index (χ1v) is 6.00. The first-order valence-electron chi connectivity index (χ1n) is 6.00. The number of hydrogen-bond donors (Lipinski definition) is 0. The van der Waals surface area contributed by atoms with Crippen LogP contribution in [0.2, 0.25) is 0 Å². The Balaban J connectivity index is 3.91. The van der Waals surface area contributed by atoms with Gasteiger partial charge in [0.25, 0.3) is 0 Å². The lowest BCUT2D eigenvalue weighted by atomic mass is 9.90. The summed E-state index contributed by atoms with van der Waals surface area (Å²) < 4.78 is 0. The van der Waals surface area contributed by atoms with Crippen molar-refractivity contribution in [2.45, 2.75) is 58.8 Å². The van der Waals surface area contributed by atoms with Gasteiger partial charge in [0.2, 0.25) is 0 Å².